The number of Topliss-reactive ketones (excluding diaryl/α,β-unsaturated/α-hetero) is 1. The van der Waals surface area contributed by atoms with Gasteiger partial charge in [0.1, 0.15) is 5.78 Å². The van der Waals surface area contributed by atoms with E-state index in [0.717, 1.165) is 19.3 Å². The third-order valence-corrected chi connectivity index (χ3v) is 3.37. The Hall–Kier alpha value is -0.860. The molecule has 2 atom stereocenters. The maximum Gasteiger partial charge on any atom is 0.309 e. The Morgan fingerprint density at radius 2 is 2.00 bits per heavy atom. The average molecular weight is 240 g/mol. The summed E-state index contributed by atoms with van der Waals surface area (Å²) in [5.41, 5.74) is 0. The SMILES string of the molecule is CCOC(=O)[C@H]1CCC[C@@H]1CC(=O)CC(C)C. The molecular weight excluding hydrogens is 216 g/mol. The van der Waals surface area contributed by atoms with E-state index in [1.165, 1.54) is 0 Å². The largest absolute Gasteiger partial charge is 0.466 e. The van der Waals surface area contributed by atoms with Crippen LogP contribution in [-0.2, 0) is 14.3 Å². The minimum absolute atomic E-state index is 0.0361. The first kappa shape index (κ1) is 14.2. The van der Waals surface area contributed by atoms with Crippen LogP contribution in [0.15, 0.2) is 0 Å². The Morgan fingerprint density at radius 1 is 1.29 bits per heavy atom. The second kappa shape index (κ2) is 6.77. The van der Waals surface area contributed by atoms with Crippen LogP contribution in [0.3, 0.4) is 0 Å². The summed E-state index contributed by atoms with van der Waals surface area (Å²) in [6.45, 7) is 6.36. The van der Waals surface area contributed by atoms with Crippen LogP contribution >= 0.6 is 0 Å². The summed E-state index contributed by atoms with van der Waals surface area (Å²) in [7, 11) is 0. The molecule has 0 saturated heterocycles. The van der Waals surface area contributed by atoms with E-state index in [1.807, 2.05) is 6.92 Å². The third kappa shape index (κ3) is 4.49. The van der Waals surface area contributed by atoms with Crippen LogP contribution in [0, 0.1) is 17.8 Å². The van der Waals surface area contributed by atoms with E-state index in [4.69, 9.17) is 4.74 Å². The van der Waals surface area contributed by atoms with Crippen molar-refractivity contribution in [3.63, 3.8) is 0 Å². The fourth-order valence-corrected chi connectivity index (χ4v) is 2.67. The van der Waals surface area contributed by atoms with Gasteiger partial charge in [-0.1, -0.05) is 20.3 Å². The predicted molar refractivity (Wildman–Crippen MR) is 66.5 cm³/mol. The summed E-state index contributed by atoms with van der Waals surface area (Å²) in [5, 5.41) is 0. The van der Waals surface area contributed by atoms with E-state index >= 15 is 0 Å². The smallest absolute Gasteiger partial charge is 0.309 e. The molecule has 1 fully saturated rings. The van der Waals surface area contributed by atoms with Crippen molar-refractivity contribution in [2.75, 3.05) is 6.61 Å². The second-order valence-electron chi connectivity index (χ2n) is 5.39. The highest BCUT2D eigenvalue weighted by Crippen LogP contribution is 2.35. The fraction of sp³-hybridized carbons (Fsp3) is 0.857. The molecule has 3 nitrogen and oxygen atoms in total. The standard InChI is InChI=1S/C14H24O3/c1-4-17-14(16)13-7-5-6-11(13)9-12(15)8-10(2)3/h10-11,13H,4-9H2,1-3H3/t11-,13+/m1/s1. The molecule has 0 spiro atoms. The summed E-state index contributed by atoms with van der Waals surface area (Å²) < 4.78 is 5.07. The Balaban J connectivity index is 2.46. The lowest BCUT2D eigenvalue weighted by Crippen LogP contribution is -2.23. The summed E-state index contributed by atoms with van der Waals surface area (Å²) in [6, 6.07) is 0. The van der Waals surface area contributed by atoms with Gasteiger partial charge in [-0.3, -0.25) is 9.59 Å². The monoisotopic (exact) mass is 240 g/mol. The summed E-state index contributed by atoms with van der Waals surface area (Å²) in [6.07, 6.45) is 4.11. The molecule has 0 unspecified atom stereocenters. The predicted octanol–water partition coefficient (Wildman–Crippen LogP) is 2.97. The van der Waals surface area contributed by atoms with Crippen molar-refractivity contribution < 1.29 is 14.3 Å². The quantitative estimate of drug-likeness (QED) is 0.670. The first-order valence-electron chi connectivity index (χ1n) is 6.72. The molecule has 0 N–H and O–H groups in total. The van der Waals surface area contributed by atoms with E-state index in [2.05, 4.69) is 13.8 Å². The van der Waals surface area contributed by atoms with Crippen molar-refractivity contribution in [2.45, 2.75) is 52.9 Å². The van der Waals surface area contributed by atoms with Crippen LogP contribution < -0.4 is 0 Å². The minimum atomic E-state index is -0.104. The van der Waals surface area contributed by atoms with Gasteiger partial charge in [0, 0.05) is 12.8 Å². The van der Waals surface area contributed by atoms with Gasteiger partial charge in [0.25, 0.3) is 0 Å². The lowest BCUT2D eigenvalue weighted by Gasteiger charge is -2.17. The number of hydrogen-bond acceptors (Lipinski definition) is 3. The molecule has 0 aromatic heterocycles. The number of rotatable bonds is 6. The molecule has 0 aliphatic heterocycles. The van der Waals surface area contributed by atoms with Crippen LogP contribution in [0.5, 0.6) is 0 Å². The Bertz CT molecular complexity index is 271. The number of carbonyl (C=O) groups is 2. The average Bonchev–Trinajstić information content (AvgIpc) is 2.64. The molecular formula is C14H24O3. The number of ketones is 1. The third-order valence-electron chi connectivity index (χ3n) is 3.37. The maximum absolute atomic E-state index is 11.8. The molecule has 0 amide bonds. The minimum Gasteiger partial charge on any atom is -0.466 e. The number of esters is 1. The molecule has 0 aromatic rings. The van der Waals surface area contributed by atoms with Crippen LogP contribution in [0.1, 0.15) is 52.9 Å². The molecule has 3 heteroatoms. The lowest BCUT2D eigenvalue weighted by molar-refractivity contribution is -0.149. The first-order valence-corrected chi connectivity index (χ1v) is 6.72. The van der Waals surface area contributed by atoms with Gasteiger partial charge in [-0.05, 0) is 31.6 Å². The van der Waals surface area contributed by atoms with Crippen LogP contribution in [0.4, 0.5) is 0 Å². The molecule has 0 aromatic carbocycles. The van der Waals surface area contributed by atoms with Gasteiger partial charge in [0.15, 0.2) is 0 Å². The topological polar surface area (TPSA) is 43.4 Å². The molecule has 0 heterocycles. The van der Waals surface area contributed by atoms with Crippen molar-refractivity contribution in [1.29, 1.82) is 0 Å². The van der Waals surface area contributed by atoms with Crippen molar-refractivity contribution >= 4 is 11.8 Å². The fourth-order valence-electron chi connectivity index (χ4n) is 2.67. The lowest BCUT2D eigenvalue weighted by atomic mass is 9.89. The van der Waals surface area contributed by atoms with Gasteiger partial charge < -0.3 is 4.74 Å². The number of hydrogen-bond donors (Lipinski definition) is 0. The van der Waals surface area contributed by atoms with E-state index in [9.17, 15) is 9.59 Å². The molecule has 17 heavy (non-hydrogen) atoms. The Labute approximate surface area is 104 Å². The zero-order valence-corrected chi connectivity index (χ0v) is 11.2. The first-order chi connectivity index (χ1) is 8.04. The zero-order chi connectivity index (χ0) is 12.8. The maximum atomic E-state index is 11.8. The normalized spacial score (nSPS) is 24.0. The summed E-state index contributed by atoms with van der Waals surface area (Å²) in [4.78, 5) is 23.5. The number of ether oxygens (including phenoxy) is 1. The van der Waals surface area contributed by atoms with Crippen LogP contribution in [0.25, 0.3) is 0 Å². The van der Waals surface area contributed by atoms with Gasteiger partial charge in [-0.25, -0.2) is 0 Å². The van der Waals surface area contributed by atoms with Crippen LogP contribution in [-0.4, -0.2) is 18.4 Å². The molecule has 1 saturated carbocycles. The molecule has 1 rings (SSSR count). The van der Waals surface area contributed by atoms with Gasteiger partial charge >= 0.3 is 5.97 Å². The molecule has 98 valence electrons. The highest BCUT2D eigenvalue weighted by atomic mass is 16.5. The van der Waals surface area contributed by atoms with Crippen molar-refractivity contribution in [3.05, 3.63) is 0 Å². The van der Waals surface area contributed by atoms with Crippen molar-refractivity contribution in [2.24, 2.45) is 17.8 Å². The molecule has 1 aliphatic rings. The van der Waals surface area contributed by atoms with Gasteiger partial charge in [-0.15, -0.1) is 0 Å². The van der Waals surface area contributed by atoms with Crippen molar-refractivity contribution in [3.8, 4) is 0 Å². The van der Waals surface area contributed by atoms with Gasteiger partial charge in [-0.2, -0.15) is 0 Å². The van der Waals surface area contributed by atoms with Gasteiger partial charge in [0.05, 0.1) is 12.5 Å². The van der Waals surface area contributed by atoms with E-state index in [1.54, 1.807) is 0 Å². The summed E-state index contributed by atoms with van der Waals surface area (Å²) >= 11 is 0. The molecule has 1 aliphatic carbocycles. The van der Waals surface area contributed by atoms with E-state index < -0.39 is 0 Å². The highest BCUT2D eigenvalue weighted by Gasteiger charge is 2.35. The molecule has 0 radical (unpaired) electrons. The van der Waals surface area contributed by atoms with Crippen molar-refractivity contribution in [1.82, 2.24) is 0 Å². The van der Waals surface area contributed by atoms with Gasteiger partial charge in [0.2, 0.25) is 0 Å². The second-order valence-corrected chi connectivity index (χ2v) is 5.39. The summed E-state index contributed by atoms with van der Waals surface area (Å²) in [5.74, 6) is 0.782. The zero-order valence-electron chi connectivity index (χ0n) is 11.2. The molecule has 0 bridgehead atoms. The Kier molecular flexibility index (Phi) is 5.66. The Morgan fingerprint density at radius 3 is 2.59 bits per heavy atom. The van der Waals surface area contributed by atoms with E-state index in [-0.39, 0.29) is 17.8 Å². The highest BCUT2D eigenvalue weighted by molar-refractivity contribution is 5.80. The van der Waals surface area contributed by atoms with Crippen LogP contribution in [0.2, 0.25) is 0 Å². The van der Waals surface area contributed by atoms with E-state index in [0.29, 0.717) is 31.1 Å². The number of carbonyl (C=O) groups excluding carboxylic acids is 2.